The third kappa shape index (κ3) is 5.11. The molecular formula is C25H31Cl2N3O2. The third-order valence-corrected chi connectivity index (χ3v) is 6.75. The first kappa shape index (κ1) is 24.6. The van der Waals surface area contributed by atoms with Crippen LogP contribution in [0.2, 0.25) is 5.02 Å². The summed E-state index contributed by atoms with van der Waals surface area (Å²) in [6.45, 7) is 2.67. The molecule has 5 nitrogen and oxygen atoms in total. The molecule has 2 aromatic carbocycles. The summed E-state index contributed by atoms with van der Waals surface area (Å²) in [6, 6.07) is 11.9. The predicted molar refractivity (Wildman–Crippen MR) is 134 cm³/mol. The van der Waals surface area contributed by atoms with Crippen molar-refractivity contribution in [3.05, 3.63) is 68.6 Å². The van der Waals surface area contributed by atoms with Crippen molar-refractivity contribution in [1.82, 2.24) is 14.0 Å². The van der Waals surface area contributed by atoms with Crippen LogP contribution < -0.4 is 5.69 Å². The van der Waals surface area contributed by atoms with Gasteiger partial charge in [-0.15, -0.1) is 12.4 Å². The molecule has 0 atom stereocenters. The summed E-state index contributed by atoms with van der Waals surface area (Å²) < 4.78 is 3.52. The molecule has 1 aromatic heterocycles. The van der Waals surface area contributed by atoms with Gasteiger partial charge in [0.2, 0.25) is 0 Å². The number of benzene rings is 2. The molecule has 7 heteroatoms. The molecule has 2 heterocycles. The molecule has 0 bridgehead atoms. The highest BCUT2D eigenvalue weighted by Gasteiger charge is 2.20. The van der Waals surface area contributed by atoms with Gasteiger partial charge in [0.1, 0.15) is 0 Å². The lowest BCUT2D eigenvalue weighted by Crippen LogP contribution is -2.24. The molecular weight excluding hydrogens is 445 g/mol. The predicted octanol–water partition coefficient (Wildman–Crippen LogP) is 4.89. The van der Waals surface area contributed by atoms with E-state index in [0.29, 0.717) is 6.42 Å². The van der Waals surface area contributed by atoms with Crippen LogP contribution in [0.4, 0.5) is 0 Å². The van der Waals surface area contributed by atoms with E-state index >= 15 is 0 Å². The van der Waals surface area contributed by atoms with Crippen molar-refractivity contribution >= 4 is 40.8 Å². The highest BCUT2D eigenvalue weighted by Crippen LogP contribution is 2.26. The van der Waals surface area contributed by atoms with Gasteiger partial charge in [-0.1, -0.05) is 29.8 Å². The minimum atomic E-state index is 0. The summed E-state index contributed by atoms with van der Waals surface area (Å²) in [4.78, 5) is 27.6. The van der Waals surface area contributed by atoms with Crippen LogP contribution in [0.3, 0.4) is 0 Å². The normalized spacial score (nSPS) is 12.9. The zero-order chi connectivity index (χ0) is 22.0. The highest BCUT2D eigenvalue weighted by molar-refractivity contribution is 6.31. The molecule has 0 radical (unpaired) electrons. The fourth-order valence-corrected chi connectivity index (χ4v) is 4.78. The van der Waals surface area contributed by atoms with Crippen LogP contribution in [-0.2, 0) is 26.4 Å². The molecule has 0 N–H and O–H groups in total. The number of imidazole rings is 1. The Morgan fingerprint density at radius 1 is 1.16 bits per heavy atom. The van der Waals surface area contributed by atoms with Gasteiger partial charge < -0.3 is 4.90 Å². The molecule has 0 saturated heterocycles. The first-order valence-corrected chi connectivity index (χ1v) is 11.5. The molecule has 0 fully saturated rings. The van der Waals surface area contributed by atoms with Gasteiger partial charge in [-0.3, -0.25) is 13.9 Å². The van der Waals surface area contributed by atoms with Gasteiger partial charge in [0.25, 0.3) is 0 Å². The second kappa shape index (κ2) is 10.7. The summed E-state index contributed by atoms with van der Waals surface area (Å²) in [5.41, 5.74) is 4.95. The summed E-state index contributed by atoms with van der Waals surface area (Å²) in [7, 11) is 3.91. The molecule has 172 valence electrons. The maximum atomic E-state index is 12.8. The molecule has 0 amide bonds. The summed E-state index contributed by atoms with van der Waals surface area (Å²) in [5.74, 6) is 0.169. The van der Waals surface area contributed by atoms with Crippen LogP contribution in [-0.4, -0.2) is 40.0 Å². The zero-order valence-electron chi connectivity index (χ0n) is 18.8. The SMILES string of the molecule is CN(CCCCC(=O)c1cc2c3c(c1)n(C)c(=O)n3CCC2)CCc1ccccc1Cl.Cl. The van der Waals surface area contributed by atoms with Crippen molar-refractivity contribution in [3.8, 4) is 0 Å². The quantitative estimate of drug-likeness (QED) is 0.327. The smallest absolute Gasteiger partial charge is 0.306 e. The molecule has 1 aliphatic rings. The molecule has 3 aromatic rings. The largest absolute Gasteiger partial charge is 0.328 e. The number of carbonyl (C=O) groups excluding carboxylic acids is 1. The second-order valence-corrected chi connectivity index (χ2v) is 9.03. The molecule has 0 saturated carbocycles. The van der Waals surface area contributed by atoms with E-state index in [1.165, 1.54) is 5.56 Å². The van der Waals surface area contributed by atoms with E-state index in [2.05, 4.69) is 18.0 Å². The van der Waals surface area contributed by atoms with E-state index < -0.39 is 0 Å². The minimum absolute atomic E-state index is 0. The monoisotopic (exact) mass is 475 g/mol. The molecule has 4 rings (SSSR count). The van der Waals surface area contributed by atoms with Crippen molar-refractivity contribution in [2.75, 3.05) is 20.1 Å². The number of carbonyl (C=O) groups is 1. The lowest BCUT2D eigenvalue weighted by Gasteiger charge is -2.17. The molecule has 0 unspecified atom stereocenters. The average molecular weight is 476 g/mol. The van der Waals surface area contributed by atoms with Crippen molar-refractivity contribution < 1.29 is 4.79 Å². The summed E-state index contributed by atoms with van der Waals surface area (Å²) in [5, 5.41) is 0.824. The Hall–Kier alpha value is -2.08. The van der Waals surface area contributed by atoms with E-state index in [9.17, 15) is 9.59 Å². The van der Waals surface area contributed by atoms with Crippen LogP contribution >= 0.6 is 24.0 Å². The third-order valence-electron chi connectivity index (χ3n) is 6.38. The van der Waals surface area contributed by atoms with Crippen molar-refractivity contribution in [1.29, 1.82) is 0 Å². The number of aromatic nitrogens is 2. The van der Waals surface area contributed by atoms with Crippen molar-refractivity contribution in [2.24, 2.45) is 7.05 Å². The Kier molecular flexibility index (Phi) is 8.21. The number of ketones is 1. The molecule has 32 heavy (non-hydrogen) atoms. The van der Waals surface area contributed by atoms with Gasteiger partial charge in [0, 0.05) is 37.1 Å². The lowest BCUT2D eigenvalue weighted by atomic mass is 9.97. The molecule has 1 aliphatic heterocycles. The summed E-state index contributed by atoms with van der Waals surface area (Å²) in [6.07, 6.45) is 5.19. The van der Waals surface area contributed by atoms with Gasteiger partial charge in [-0.05, 0) is 75.0 Å². The number of hydrogen-bond acceptors (Lipinski definition) is 3. The topological polar surface area (TPSA) is 47.2 Å². The van der Waals surface area contributed by atoms with Gasteiger partial charge in [0.05, 0.1) is 11.0 Å². The lowest BCUT2D eigenvalue weighted by molar-refractivity contribution is 0.0978. The van der Waals surface area contributed by atoms with Gasteiger partial charge >= 0.3 is 5.69 Å². The Morgan fingerprint density at radius 2 is 1.94 bits per heavy atom. The first-order chi connectivity index (χ1) is 15.0. The summed E-state index contributed by atoms with van der Waals surface area (Å²) >= 11 is 6.23. The number of halogens is 2. The van der Waals surface area contributed by atoms with E-state index in [4.69, 9.17) is 11.6 Å². The zero-order valence-corrected chi connectivity index (χ0v) is 20.3. The molecule has 0 spiro atoms. The van der Waals surface area contributed by atoms with Crippen LogP contribution in [0.15, 0.2) is 41.2 Å². The van der Waals surface area contributed by atoms with E-state index in [0.717, 1.165) is 78.9 Å². The molecule has 0 aliphatic carbocycles. The Labute approximate surface area is 200 Å². The standard InChI is InChI=1S/C25H30ClN3O2.ClH/c1-27(15-12-18-8-3-4-10-21(18)26)13-6-5-11-23(30)20-16-19-9-7-14-29-24(19)22(17-20)28(2)25(29)31;/h3-4,8,10,16-17H,5-7,9,11-15H2,1-2H3;1H. The first-order valence-electron chi connectivity index (χ1n) is 11.1. The van der Waals surface area contributed by atoms with Gasteiger partial charge in [-0.25, -0.2) is 4.79 Å². The van der Waals surface area contributed by atoms with E-state index in [1.54, 1.807) is 11.6 Å². The Bertz CT molecular complexity index is 1170. The van der Waals surface area contributed by atoms with Crippen molar-refractivity contribution in [3.63, 3.8) is 0 Å². The number of nitrogens with zero attached hydrogens (tertiary/aromatic N) is 3. The van der Waals surface area contributed by atoms with Crippen molar-refractivity contribution in [2.45, 2.75) is 45.1 Å². The fourth-order valence-electron chi connectivity index (χ4n) is 4.55. The van der Waals surface area contributed by atoms with E-state index in [1.807, 2.05) is 34.9 Å². The average Bonchev–Trinajstić information content (AvgIpc) is 3.02. The van der Waals surface area contributed by atoms with Crippen LogP contribution in [0.25, 0.3) is 11.0 Å². The number of Topliss-reactive ketones (excluding diaryl/α,β-unsaturated/α-hetero) is 1. The highest BCUT2D eigenvalue weighted by atomic mass is 35.5. The number of rotatable bonds is 9. The van der Waals surface area contributed by atoms with Crippen LogP contribution in [0.5, 0.6) is 0 Å². The second-order valence-electron chi connectivity index (χ2n) is 8.62. The fraction of sp³-hybridized carbons (Fsp3) is 0.440. The minimum Gasteiger partial charge on any atom is -0.306 e. The maximum Gasteiger partial charge on any atom is 0.328 e. The van der Waals surface area contributed by atoms with Crippen LogP contribution in [0, 0.1) is 0 Å². The van der Waals surface area contributed by atoms with Gasteiger partial charge in [-0.2, -0.15) is 0 Å². The Balaban J connectivity index is 0.00000289. The number of hydrogen-bond donors (Lipinski definition) is 0. The van der Waals surface area contributed by atoms with E-state index in [-0.39, 0.29) is 23.9 Å². The number of likely N-dealkylation sites (N-methyl/N-ethyl adjacent to an activating group) is 1. The van der Waals surface area contributed by atoms with Gasteiger partial charge in [0.15, 0.2) is 5.78 Å². The van der Waals surface area contributed by atoms with Crippen LogP contribution in [0.1, 0.15) is 47.2 Å². The number of unbranched alkanes of at least 4 members (excludes halogenated alkanes) is 1. The maximum absolute atomic E-state index is 12.8. The Morgan fingerprint density at radius 3 is 2.72 bits per heavy atom. The number of aryl methyl sites for hydroxylation is 3.